The first-order valence-electron chi connectivity index (χ1n) is 6.03. The zero-order valence-electron chi connectivity index (χ0n) is 10.0. The van der Waals surface area contributed by atoms with Gasteiger partial charge in [0.15, 0.2) is 0 Å². The van der Waals surface area contributed by atoms with Crippen LogP contribution in [0.15, 0.2) is 0 Å². The molecule has 0 aromatic carbocycles. The zero-order chi connectivity index (χ0) is 11.1. The van der Waals surface area contributed by atoms with Gasteiger partial charge in [-0.15, -0.1) is 0 Å². The Hall–Kier alpha value is -0.570. The molecular formula is C12H22N2O. The van der Waals surface area contributed by atoms with E-state index in [0.717, 1.165) is 32.4 Å². The number of piperidine rings is 1. The largest absolute Gasteiger partial charge is 0.342 e. The average Bonchev–Trinajstić information content (AvgIpc) is 2.96. The smallest absolute Gasteiger partial charge is 0.225 e. The van der Waals surface area contributed by atoms with Gasteiger partial charge in [-0.3, -0.25) is 4.79 Å². The van der Waals surface area contributed by atoms with Crippen LogP contribution in [0.5, 0.6) is 0 Å². The Labute approximate surface area is 92.2 Å². The quantitative estimate of drug-likeness (QED) is 0.744. The summed E-state index contributed by atoms with van der Waals surface area (Å²) in [6.45, 7) is 6.28. The fourth-order valence-corrected chi connectivity index (χ4v) is 2.37. The van der Waals surface area contributed by atoms with E-state index in [1.54, 1.807) is 0 Å². The van der Waals surface area contributed by atoms with E-state index in [-0.39, 0.29) is 5.54 Å². The van der Waals surface area contributed by atoms with E-state index >= 15 is 0 Å². The lowest BCUT2D eigenvalue weighted by Gasteiger charge is -2.39. The lowest BCUT2D eigenvalue weighted by Crippen LogP contribution is -2.51. The molecule has 2 rings (SSSR count). The summed E-state index contributed by atoms with van der Waals surface area (Å²) >= 11 is 0. The van der Waals surface area contributed by atoms with Gasteiger partial charge < -0.3 is 10.2 Å². The van der Waals surface area contributed by atoms with Crippen LogP contribution >= 0.6 is 0 Å². The van der Waals surface area contributed by atoms with Gasteiger partial charge in [-0.05, 0) is 39.2 Å². The van der Waals surface area contributed by atoms with Gasteiger partial charge >= 0.3 is 0 Å². The number of nitrogens with zero attached hydrogens (tertiary/aromatic N) is 1. The molecule has 3 nitrogen and oxygen atoms in total. The molecule has 0 spiro atoms. The van der Waals surface area contributed by atoms with Crippen molar-refractivity contribution in [3.63, 3.8) is 0 Å². The van der Waals surface area contributed by atoms with Crippen LogP contribution in [0.25, 0.3) is 0 Å². The van der Waals surface area contributed by atoms with E-state index in [9.17, 15) is 4.79 Å². The van der Waals surface area contributed by atoms with E-state index in [1.165, 1.54) is 0 Å². The Balaban J connectivity index is 1.85. The van der Waals surface area contributed by atoms with Gasteiger partial charge in [0, 0.05) is 24.5 Å². The van der Waals surface area contributed by atoms with Crippen molar-refractivity contribution in [1.29, 1.82) is 0 Å². The minimum absolute atomic E-state index is 0.242. The molecule has 0 aromatic rings. The summed E-state index contributed by atoms with van der Waals surface area (Å²) in [6, 6.07) is 0. The Bertz CT molecular complexity index is 256. The van der Waals surface area contributed by atoms with Gasteiger partial charge in [0.1, 0.15) is 0 Å². The van der Waals surface area contributed by atoms with E-state index in [0.29, 0.717) is 17.7 Å². The summed E-state index contributed by atoms with van der Waals surface area (Å²) in [5.41, 5.74) is 0.242. The highest BCUT2D eigenvalue weighted by Crippen LogP contribution is 2.39. The average molecular weight is 210 g/mol. The van der Waals surface area contributed by atoms with Crippen molar-refractivity contribution in [2.75, 3.05) is 20.1 Å². The van der Waals surface area contributed by atoms with E-state index in [1.807, 2.05) is 7.05 Å². The maximum absolute atomic E-state index is 12.0. The number of likely N-dealkylation sites (tertiary alicyclic amines) is 1. The van der Waals surface area contributed by atoms with Gasteiger partial charge in [-0.2, -0.15) is 0 Å². The van der Waals surface area contributed by atoms with Crippen molar-refractivity contribution in [2.24, 2.45) is 11.8 Å². The Morgan fingerprint density at radius 1 is 1.40 bits per heavy atom. The van der Waals surface area contributed by atoms with Crippen LogP contribution in [0, 0.1) is 11.8 Å². The van der Waals surface area contributed by atoms with Gasteiger partial charge in [0.05, 0.1) is 0 Å². The third kappa shape index (κ3) is 2.17. The van der Waals surface area contributed by atoms with Crippen LogP contribution in [0.1, 0.15) is 33.1 Å². The molecule has 1 aliphatic carbocycles. The van der Waals surface area contributed by atoms with Crippen LogP contribution in [0.3, 0.4) is 0 Å². The number of amides is 1. The first-order chi connectivity index (χ1) is 7.06. The number of carbonyl (C=O) groups is 1. The fraction of sp³-hybridized carbons (Fsp3) is 0.917. The summed E-state index contributed by atoms with van der Waals surface area (Å²) in [5.74, 6) is 1.39. The molecule has 0 bridgehead atoms. The predicted octanol–water partition coefficient (Wildman–Crippen LogP) is 1.24. The molecule has 2 atom stereocenters. The number of carbonyl (C=O) groups excluding carboxylic acids is 1. The number of nitrogens with one attached hydrogen (secondary N) is 1. The molecule has 3 heteroatoms. The third-order valence-corrected chi connectivity index (χ3v) is 4.21. The molecule has 86 valence electrons. The lowest BCUT2D eigenvalue weighted by atomic mass is 9.90. The molecule has 2 fully saturated rings. The monoisotopic (exact) mass is 210 g/mol. The SMILES string of the molecule is CNC1(C)CCN(C(=O)C2CC2C)CC1. The summed E-state index contributed by atoms with van der Waals surface area (Å²) in [6.07, 6.45) is 3.27. The highest BCUT2D eigenvalue weighted by molar-refractivity contribution is 5.81. The molecule has 1 aliphatic heterocycles. The molecule has 1 saturated heterocycles. The minimum atomic E-state index is 0.242. The summed E-state index contributed by atoms with van der Waals surface area (Å²) in [5, 5.41) is 3.36. The maximum Gasteiger partial charge on any atom is 0.225 e. The molecule has 1 saturated carbocycles. The first kappa shape index (κ1) is 10.9. The van der Waals surface area contributed by atoms with Crippen molar-refractivity contribution < 1.29 is 4.79 Å². The molecular weight excluding hydrogens is 188 g/mol. The van der Waals surface area contributed by atoms with E-state index < -0.39 is 0 Å². The van der Waals surface area contributed by atoms with Crippen molar-refractivity contribution in [3.05, 3.63) is 0 Å². The summed E-state index contributed by atoms with van der Waals surface area (Å²) in [4.78, 5) is 14.0. The normalized spacial score (nSPS) is 33.9. The molecule has 1 heterocycles. The van der Waals surface area contributed by atoms with Crippen molar-refractivity contribution in [3.8, 4) is 0 Å². The number of hydrogen-bond donors (Lipinski definition) is 1. The van der Waals surface area contributed by atoms with Gasteiger partial charge in [0.2, 0.25) is 5.91 Å². The van der Waals surface area contributed by atoms with Gasteiger partial charge in [0.25, 0.3) is 0 Å². The van der Waals surface area contributed by atoms with E-state index in [2.05, 4.69) is 24.1 Å². The summed E-state index contributed by atoms with van der Waals surface area (Å²) < 4.78 is 0. The van der Waals surface area contributed by atoms with Crippen molar-refractivity contribution in [1.82, 2.24) is 10.2 Å². The van der Waals surface area contributed by atoms with Crippen LogP contribution in [0.4, 0.5) is 0 Å². The predicted molar refractivity (Wildman–Crippen MR) is 60.5 cm³/mol. The molecule has 2 unspecified atom stereocenters. The molecule has 2 aliphatic rings. The van der Waals surface area contributed by atoms with Crippen molar-refractivity contribution >= 4 is 5.91 Å². The first-order valence-corrected chi connectivity index (χ1v) is 6.03. The standard InChI is InChI=1S/C12H22N2O/c1-9-8-10(9)11(15)14-6-4-12(2,13-3)5-7-14/h9-10,13H,4-8H2,1-3H3. The summed E-state index contributed by atoms with van der Waals surface area (Å²) in [7, 11) is 2.01. The minimum Gasteiger partial charge on any atom is -0.342 e. The Morgan fingerprint density at radius 3 is 2.33 bits per heavy atom. The second kappa shape index (κ2) is 3.78. The lowest BCUT2D eigenvalue weighted by molar-refractivity contribution is -0.134. The number of hydrogen-bond acceptors (Lipinski definition) is 2. The second-order valence-electron chi connectivity index (χ2n) is 5.46. The van der Waals surface area contributed by atoms with Crippen LogP contribution in [-0.4, -0.2) is 36.5 Å². The number of rotatable bonds is 2. The topological polar surface area (TPSA) is 32.3 Å². The second-order valence-corrected chi connectivity index (χ2v) is 5.46. The third-order valence-electron chi connectivity index (χ3n) is 4.21. The molecule has 0 aromatic heterocycles. The highest BCUT2D eigenvalue weighted by atomic mass is 16.2. The zero-order valence-corrected chi connectivity index (χ0v) is 10.0. The van der Waals surface area contributed by atoms with Gasteiger partial charge in [-0.1, -0.05) is 6.92 Å². The molecule has 1 amide bonds. The maximum atomic E-state index is 12.0. The fourth-order valence-electron chi connectivity index (χ4n) is 2.37. The van der Waals surface area contributed by atoms with Gasteiger partial charge in [-0.25, -0.2) is 0 Å². The molecule has 15 heavy (non-hydrogen) atoms. The van der Waals surface area contributed by atoms with E-state index in [4.69, 9.17) is 0 Å². The Kier molecular flexibility index (Phi) is 2.75. The van der Waals surface area contributed by atoms with Crippen LogP contribution in [-0.2, 0) is 4.79 Å². The van der Waals surface area contributed by atoms with Crippen LogP contribution < -0.4 is 5.32 Å². The van der Waals surface area contributed by atoms with Crippen LogP contribution in [0.2, 0.25) is 0 Å². The Morgan fingerprint density at radius 2 is 1.93 bits per heavy atom. The van der Waals surface area contributed by atoms with Crippen molar-refractivity contribution in [2.45, 2.75) is 38.6 Å². The molecule has 1 N–H and O–H groups in total. The molecule has 0 radical (unpaired) electrons. The highest BCUT2D eigenvalue weighted by Gasteiger charge is 2.42.